The van der Waals surface area contributed by atoms with Gasteiger partial charge in [0.15, 0.2) is 0 Å². The summed E-state index contributed by atoms with van der Waals surface area (Å²) >= 11 is 0. The van der Waals surface area contributed by atoms with Gasteiger partial charge in [-0.3, -0.25) is 4.99 Å². The molecule has 4 rings (SSSR count). The van der Waals surface area contributed by atoms with Gasteiger partial charge < -0.3 is 9.64 Å². The van der Waals surface area contributed by atoms with Crippen LogP contribution >= 0.6 is 0 Å². The molecule has 0 amide bonds. The Morgan fingerprint density at radius 3 is 2.50 bits per heavy atom. The van der Waals surface area contributed by atoms with E-state index in [-0.39, 0.29) is 11.9 Å². The van der Waals surface area contributed by atoms with Crippen molar-refractivity contribution in [1.29, 1.82) is 0 Å². The van der Waals surface area contributed by atoms with Gasteiger partial charge in [0.25, 0.3) is 0 Å². The zero-order valence-corrected chi connectivity index (χ0v) is 15.2. The number of aliphatic imine (C=N–C) groups is 1. The van der Waals surface area contributed by atoms with E-state index >= 15 is 0 Å². The second-order valence-corrected chi connectivity index (χ2v) is 6.74. The van der Waals surface area contributed by atoms with E-state index in [0.717, 1.165) is 33.5 Å². The number of ether oxygens (including phenoxy) is 1. The summed E-state index contributed by atoms with van der Waals surface area (Å²) in [4.78, 5) is 6.87. The van der Waals surface area contributed by atoms with Crippen LogP contribution < -0.4 is 4.74 Å². The molecular weight excluding hydrogens is 327 g/mol. The van der Waals surface area contributed by atoms with E-state index in [1.807, 2.05) is 43.3 Å². The Morgan fingerprint density at radius 1 is 1.04 bits per heavy atom. The minimum Gasteiger partial charge on any atom is -0.496 e. The van der Waals surface area contributed by atoms with E-state index in [4.69, 9.17) is 9.73 Å². The first kappa shape index (κ1) is 16.6. The third-order valence-electron chi connectivity index (χ3n) is 4.97. The molecule has 1 aliphatic heterocycles. The standard InChI is InChI=1S/C22H21FN2O/c1-25(2)20-13-18-17(21(24-20)16-10-6-7-11-19(16)23)12-14-8-4-5-9-15(14)22(18)26-3/h4-12,21H,13H2,1-3H3. The summed E-state index contributed by atoms with van der Waals surface area (Å²) in [5, 5.41) is 2.15. The molecule has 4 heteroatoms. The highest BCUT2D eigenvalue weighted by Gasteiger charge is 2.29. The van der Waals surface area contributed by atoms with Gasteiger partial charge in [-0.25, -0.2) is 4.39 Å². The van der Waals surface area contributed by atoms with Crippen LogP contribution in [0.3, 0.4) is 0 Å². The molecule has 0 aromatic heterocycles. The predicted octanol–water partition coefficient (Wildman–Crippen LogP) is 4.59. The number of hydrogen-bond donors (Lipinski definition) is 0. The maximum absolute atomic E-state index is 14.6. The first-order valence-electron chi connectivity index (χ1n) is 8.67. The number of halogens is 1. The molecule has 1 unspecified atom stereocenters. The third kappa shape index (κ3) is 2.62. The molecule has 0 bridgehead atoms. The predicted molar refractivity (Wildman–Crippen MR) is 104 cm³/mol. The Labute approximate surface area is 152 Å². The average molecular weight is 348 g/mol. The van der Waals surface area contributed by atoms with E-state index in [2.05, 4.69) is 18.2 Å². The number of methoxy groups -OCH3 is 1. The van der Waals surface area contributed by atoms with Crippen LogP contribution in [0.2, 0.25) is 0 Å². The molecular formula is C22H21FN2O. The summed E-state index contributed by atoms with van der Waals surface area (Å²) in [7, 11) is 5.63. The number of benzene rings is 3. The Kier molecular flexibility index (Phi) is 4.11. The quantitative estimate of drug-likeness (QED) is 0.676. The zero-order valence-electron chi connectivity index (χ0n) is 15.2. The van der Waals surface area contributed by atoms with Gasteiger partial charge in [-0.1, -0.05) is 42.5 Å². The number of rotatable bonds is 2. The van der Waals surface area contributed by atoms with Crippen molar-refractivity contribution in [3.63, 3.8) is 0 Å². The molecule has 132 valence electrons. The molecule has 1 aliphatic rings. The molecule has 0 spiro atoms. The normalized spacial score (nSPS) is 16.2. The summed E-state index contributed by atoms with van der Waals surface area (Å²) in [6.45, 7) is 0. The van der Waals surface area contributed by atoms with Crippen molar-refractivity contribution >= 4 is 16.6 Å². The highest BCUT2D eigenvalue weighted by atomic mass is 19.1. The first-order valence-corrected chi connectivity index (χ1v) is 8.67. The van der Waals surface area contributed by atoms with Crippen LogP contribution in [0.1, 0.15) is 22.7 Å². The van der Waals surface area contributed by atoms with Gasteiger partial charge >= 0.3 is 0 Å². The lowest BCUT2D eigenvalue weighted by Gasteiger charge is -2.29. The molecule has 0 fully saturated rings. The molecule has 3 nitrogen and oxygen atoms in total. The summed E-state index contributed by atoms with van der Waals surface area (Å²) < 4.78 is 20.4. The molecule has 26 heavy (non-hydrogen) atoms. The monoisotopic (exact) mass is 348 g/mol. The molecule has 0 aliphatic carbocycles. The molecule has 0 saturated carbocycles. The van der Waals surface area contributed by atoms with Gasteiger partial charge in [-0.15, -0.1) is 0 Å². The lowest BCUT2D eigenvalue weighted by molar-refractivity contribution is 0.413. The molecule has 0 saturated heterocycles. The van der Waals surface area contributed by atoms with Gasteiger partial charge in [0.1, 0.15) is 23.4 Å². The van der Waals surface area contributed by atoms with Crippen LogP contribution in [0.15, 0.2) is 59.6 Å². The van der Waals surface area contributed by atoms with Crippen LogP contribution in [0.25, 0.3) is 10.8 Å². The van der Waals surface area contributed by atoms with Crippen molar-refractivity contribution < 1.29 is 9.13 Å². The minimum absolute atomic E-state index is 0.237. The van der Waals surface area contributed by atoms with Gasteiger partial charge in [0.2, 0.25) is 0 Å². The average Bonchev–Trinajstić information content (AvgIpc) is 2.65. The zero-order chi connectivity index (χ0) is 18.3. The van der Waals surface area contributed by atoms with Crippen molar-refractivity contribution in [2.75, 3.05) is 21.2 Å². The number of hydrogen-bond acceptors (Lipinski definition) is 3. The number of amidine groups is 1. The van der Waals surface area contributed by atoms with Gasteiger partial charge in [-0.05, 0) is 23.1 Å². The highest BCUT2D eigenvalue weighted by Crippen LogP contribution is 2.42. The van der Waals surface area contributed by atoms with Crippen molar-refractivity contribution in [1.82, 2.24) is 4.90 Å². The Hall–Kier alpha value is -2.88. The van der Waals surface area contributed by atoms with Crippen LogP contribution in [-0.4, -0.2) is 31.9 Å². The Bertz CT molecular complexity index is 1010. The lowest BCUT2D eigenvalue weighted by atomic mass is 9.87. The fourth-order valence-electron chi connectivity index (χ4n) is 3.67. The molecule has 0 radical (unpaired) electrons. The lowest BCUT2D eigenvalue weighted by Crippen LogP contribution is -2.29. The smallest absolute Gasteiger partial charge is 0.130 e. The number of likely N-dealkylation sites (N-methyl/N-ethyl adjacent to an activating group) is 1. The fourth-order valence-corrected chi connectivity index (χ4v) is 3.67. The highest BCUT2D eigenvalue weighted by molar-refractivity contribution is 5.95. The van der Waals surface area contributed by atoms with Gasteiger partial charge in [0.05, 0.1) is 7.11 Å². The number of nitrogens with zero attached hydrogens (tertiary/aromatic N) is 2. The summed E-state index contributed by atoms with van der Waals surface area (Å²) in [5.74, 6) is 1.53. The second kappa shape index (κ2) is 6.45. The van der Waals surface area contributed by atoms with E-state index in [9.17, 15) is 4.39 Å². The van der Waals surface area contributed by atoms with Crippen molar-refractivity contribution in [2.45, 2.75) is 12.5 Å². The SMILES string of the molecule is COc1c2c(cc3ccccc13)C(c1ccccc1F)N=C(N(C)C)C2. The maximum atomic E-state index is 14.6. The molecule has 3 aromatic rings. The molecule has 1 heterocycles. The van der Waals surface area contributed by atoms with E-state index < -0.39 is 0 Å². The van der Waals surface area contributed by atoms with E-state index in [0.29, 0.717) is 12.0 Å². The summed E-state index contributed by atoms with van der Waals surface area (Å²) in [6.07, 6.45) is 0.668. The maximum Gasteiger partial charge on any atom is 0.130 e. The van der Waals surface area contributed by atoms with Crippen molar-refractivity contribution in [2.24, 2.45) is 4.99 Å². The molecule has 0 N–H and O–H groups in total. The minimum atomic E-state index is -0.379. The topological polar surface area (TPSA) is 24.8 Å². The molecule has 1 atom stereocenters. The van der Waals surface area contributed by atoms with Crippen molar-refractivity contribution in [3.05, 3.63) is 77.1 Å². The fraction of sp³-hybridized carbons (Fsp3) is 0.227. The van der Waals surface area contributed by atoms with Gasteiger partial charge in [-0.2, -0.15) is 0 Å². The largest absolute Gasteiger partial charge is 0.496 e. The number of fused-ring (bicyclic) bond motifs is 2. The van der Waals surface area contributed by atoms with Crippen molar-refractivity contribution in [3.8, 4) is 5.75 Å². The van der Waals surface area contributed by atoms with E-state index in [1.54, 1.807) is 13.2 Å². The van der Waals surface area contributed by atoms with Crippen LogP contribution in [0.5, 0.6) is 5.75 Å². The second-order valence-electron chi connectivity index (χ2n) is 6.74. The third-order valence-corrected chi connectivity index (χ3v) is 4.97. The molecule has 3 aromatic carbocycles. The Balaban J connectivity index is 2.02. The summed E-state index contributed by atoms with van der Waals surface area (Å²) in [5.41, 5.74) is 2.68. The van der Waals surface area contributed by atoms with Crippen LogP contribution in [0, 0.1) is 5.82 Å². The van der Waals surface area contributed by atoms with Crippen LogP contribution in [0.4, 0.5) is 4.39 Å². The first-order chi connectivity index (χ1) is 12.6. The van der Waals surface area contributed by atoms with E-state index in [1.165, 1.54) is 6.07 Å². The van der Waals surface area contributed by atoms with Gasteiger partial charge in [0, 0.05) is 37.0 Å². The van der Waals surface area contributed by atoms with Crippen LogP contribution in [-0.2, 0) is 6.42 Å². The summed E-state index contributed by atoms with van der Waals surface area (Å²) in [6, 6.07) is 16.8. The Morgan fingerprint density at radius 2 is 1.77 bits per heavy atom.